The second kappa shape index (κ2) is 10.7. The van der Waals surface area contributed by atoms with Crippen LogP contribution in [0.5, 0.6) is 0 Å². The number of aryl methyl sites for hydroxylation is 2. The van der Waals surface area contributed by atoms with Gasteiger partial charge in [-0.1, -0.05) is 72.3 Å². The topological polar surface area (TPSA) is 39.2 Å². The van der Waals surface area contributed by atoms with Crippen molar-refractivity contribution in [3.63, 3.8) is 0 Å². The molecule has 3 aromatic carbocycles. The predicted molar refractivity (Wildman–Crippen MR) is 141 cm³/mol. The van der Waals surface area contributed by atoms with Crippen LogP contribution in [-0.4, -0.2) is 59.2 Å². The first-order valence-corrected chi connectivity index (χ1v) is 12.7. The normalized spacial score (nSPS) is 18.9. The molecule has 0 spiro atoms. The zero-order valence-electron chi connectivity index (χ0n) is 21.0. The third-order valence-electron chi connectivity index (χ3n) is 7.21. The van der Waals surface area contributed by atoms with Gasteiger partial charge in [0.05, 0.1) is 18.3 Å². The number of hydrogen-bond acceptors (Lipinski definition) is 4. The van der Waals surface area contributed by atoms with Crippen molar-refractivity contribution in [1.29, 1.82) is 0 Å². The molecule has 186 valence electrons. The van der Waals surface area contributed by atoms with Crippen LogP contribution in [0.15, 0.2) is 77.9 Å². The van der Waals surface area contributed by atoms with Gasteiger partial charge in [0, 0.05) is 44.7 Å². The molecule has 0 bridgehead atoms. The van der Waals surface area contributed by atoms with Crippen molar-refractivity contribution < 1.29 is 9.18 Å². The maximum atomic E-state index is 14.6. The number of piperazine rings is 1. The van der Waals surface area contributed by atoms with Gasteiger partial charge in [0.1, 0.15) is 5.82 Å². The molecular weight excluding hydrogens is 451 g/mol. The van der Waals surface area contributed by atoms with Crippen LogP contribution >= 0.6 is 0 Å². The van der Waals surface area contributed by atoms with Gasteiger partial charge in [-0.2, -0.15) is 5.10 Å². The Hall–Kier alpha value is -3.35. The van der Waals surface area contributed by atoms with Crippen molar-refractivity contribution in [2.75, 3.05) is 32.7 Å². The second-order valence-electron chi connectivity index (χ2n) is 9.88. The number of carbonyl (C=O) groups is 1. The molecule has 1 atom stereocenters. The molecule has 5 rings (SSSR count). The Labute approximate surface area is 212 Å². The fourth-order valence-corrected chi connectivity index (χ4v) is 5.25. The highest BCUT2D eigenvalue weighted by molar-refractivity contribution is 6.03. The van der Waals surface area contributed by atoms with Gasteiger partial charge in [0.2, 0.25) is 0 Å². The highest BCUT2D eigenvalue weighted by Gasteiger charge is 2.35. The molecule has 1 amide bonds. The summed E-state index contributed by atoms with van der Waals surface area (Å²) in [5, 5.41) is 6.31. The van der Waals surface area contributed by atoms with Crippen LogP contribution in [0, 0.1) is 19.7 Å². The number of carbonyl (C=O) groups excluding carboxylic acids is 1. The standard InChI is InChI=1S/C30H33FN4O/c1-22-12-13-25(23(2)18-22)29-19-28(26-10-6-7-11-27(26)31)32-35(29)30(36)21-34-16-14-33(15-17-34)20-24-8-4-3-5-9-24/h3-13,18,29H,14-17,19-21H2,1-2H3. The summed E-state index contributed by atoms with van der Waals surface area (Å²) in [6.07, 6.45) is 0.501. The van der Waals surface area contributed by atoms with E-state index in [9.17, 15) is 9.18 Å². The minimum absolute atomic E-state index is 0.0391. The van der Waals surface area contributed by atoms with Gasteiger partial charge < -0.3 is 0 Å². The smallest absolute Gasteiger partial charge is 0.257 e. The van der Waals surface area contributed by atoms with Crippen LogP contribution in [0.1, 0.15) is 40.3 Å². The third-order valence-corrected chi connectivity index (χ3v) is 7.21. The minimum atomic E-state index is -0.306. The first-order chi connectivity index (χ1) is 17.5. The zero-order valence-corrected chi connectivity index (χ0v) is 21.0. The Balaban J connectivity index is 1.30. The van der Waals surface area contributed by atoms with E-state index in [0.29, 0.717) is 24.2 Å². The maximum absolute atomic E-state index is 14.6. The molecular formula is C30H33FN4O. The number of amides is 1. The molecule has 0 aromatic heterocycles. The van der Waals surface area contributed by atoms with E-state index in [1.807, 2.05) is 12.1 Å². The summed E-state index contributed by atoms with van der Waals surface area (Å²) in [4.78, 5) is 18.2. The number of hydrogen-bond donors (Lipinski definition) is 0. The van der Waals surface area contributed by atoms with Crippen LogP contribution < -0.4 is 0 Å². The molecule has 36 heavy (non-hydrogen) atoms. The number of nitrogens with zero attached hydrogens (tertiary/aromatic N) is 4. The van der Waals surface area contributed by atoms with Crippen LogP contribution in [-0.2, 0) is 11.3 Å². The van der Waals surface area contributed by atoms with Gasteiger partial charge >= 0.3 is 0 Å². The van der Waals surface area contributed by atoms with E-state index in [-0.39, 0.29) is 17.8 Å². The second-order valence-corrected chi connectivity index (χ2v) is 9.88. The van der Waals surface area contributed by atoms with Crippen molar-refractivity contribution in [3.8, 4) is 0 Å². The van der Waals surface area contributed by atoms with Crippen molar-refractivity contribution in [2.45, 2.75) is 32.9 Å². The molecule has 3 aromatic rings. The zero-order chi connectivity index (χ0) is 25.1. The van der Waals surface area contributed by atoms with Crippen molar-refractivity contribution >= 4 is 11.6 Å². The van der Waals surface area contributed by atoms with Gasteiger partial charge in [-0.25, -0.2) is 9.40 Å². The molecule has 2 aliphatic heterocycles. The van der Waals surface area contributed by atoms with E-state index in [0.717, 1.165) is 43.9 Å². The van der Waals surface area contributed by atoms with Gasteiger partial charge in [-0.05, 0) is 36.6 Å². The summed E-state index contributed by atoms with van der Waals surface area (Å²) in [7, 11) is 0. The summed E-state index contributed by atoms with van der Waals surface area (Å²) in [5.74, 6) is -0.345. The molecule has 6 heteroatoms. The molecule has 5 nitrogen and oxygen atoms in total. The van der Waals surface area contributed by atoms with E-state index in [4.69, 9.17) is 5.10 Å². The first kappa shape index (κ1) is 24.3. The Morgan fingerprint density at radius 1 is 0.917 bits per heavy atom. The summed E-state index contributed by atoms with van der Waals surface area (Å²) < 4.78 is 14.6. The van der Waals surface area contributed by atoms with Gasteiger partial charge in [0.15, 0.2) is 0 Å². The average molecular weight is 485 g/mol. The van der Waals surface area contributed by atoms with Crippen LogP contribution in [0.2, 0.25) is 0 Å². The largest absolute Gasteiger partial charge is 0.297 e. The van der Waals surface area contributed by atoms with Crippen molar-refractivity contribution in [2.24, 2.45) is 5.10 Å². The average Bonchev–Trinajstić information content (AvgIpc) is 3.31. The maximum Gasteiger partial charge on any atom is 0.257 e. The Morgan fingerprint density at radius 3 is 2.33 bits per heavy atom. The summed E-state index contributed by atoms with van der Waals surface area (Å²) in [6, 6.07) is 23.2. The predicted octanol–water partition coefficient (Wildman–Crippen LogP) is 4.94. The van der Waals surface area contributed by atoms with E-state index < -0.39 is 0 Å². The molecule has 0 N–H and O–H groups in total. The minimum Gasteiger partial charge on any atom is -0.297 e. The Kier molecular flexibility index (Phi) is 7.25. The monoisotopic (exact) mass is 484 g/mol. The van der Waals surface area contributed by atoms with E-state index in [2.05, 4.69) is 66.1 Å². The SMILES string of the molecule is Cc1ccc(C2CC(c3ccccc3F)=NN2C(=O)CN2CCN(Cc3ccccc3)CC2)c(C)c1. The Bertz CT molecular complexity index is 1250. The van der Waals surface area contributed by atoms with Gasteiger partial charge in [0.25, 0.3) is 5.91 Å². The molecule has 0 radical (unpaired) electrons. The van der Waals surface area contributed by atoms with Gasteiger partial charge in [-0.3, -0.25) is 14.6 Å². The highest BCUT2D eigenvalue weighted by atomic mass is 19.1. The number of rotatable bonds is 6. The molecule has 2 heterocycles. The Morgan fingerprint density at radius 2 is 1.61 bits per heavy atom. The summed E-state index contributed by atoms with van der Waals surface area (Å²) in [5.41, 5.74) is 5.77. The fraction of sp³-hybridized carbons (Fsp3) is 0.333. The van der Waals surface area contributed by atoms with Crippen LogP contribution in [0.25, 0.3) is 0 Å². The molecule has 2 aliphatic rings. The van der Waals surface area contributed by atoms with E-state index >= 15 is 0 Å². The summed E-state index contributed by atoms with van der Waals surface area (Å²) >= 11 is 0. The first-order valence-electron chi connectivity index (χ1n) is 12.7. The lowest BCUT2D eigenvalue weighted by Crippen LogP contribution is -2.49. The molecule has 1 unspecified atom stereocenters. The lowest BCUT2D eigenvalue weighted by molar-refractivity contribution is -0.134. The van der Waals surface area contributed by atoms with Crippen molar-refractivity contribution in [3.05, 3.63) is 106 Å². The number of hydrazone groups is 1. The van der Waals surface area contributed by atoms with Crippen molar-refractivity contribution in [1.82, 2.24) is 14.8 Å². The lowest BCUT2D eigenvalue weighted by atomic mass is 9.94. The molecule has 1 fully saturated rings. The quantitative estimate of drug-likeness (QED) is 0.498. The summed E-state index contributed by atoms with van der Waals surface area (Å²) in [6.45, 7) is 8.90. The van der Waals surface area contributed by atoms with E-state index in [1.54, 1.807) is 17.1 Å². The number of benzene rings is 3. The van der Waals surface area contributed by atoms with Crippen LogP contribution in [0.3, 0.4) is 0 Å². The molecule has 1 saturated heterocycles. The molecule has 0 saturated carbocycles. The third kappa shape index (κ3) is 5.40. The van der Waals surface area contributed by atoms with E-state index in [1.165, 1.54) is 17.2 Å². The highest BCUT2D eigenvalue weighted by Crippen LogP contribution is 2.35. The molecule has 0 aliphatic carbocycles. The van der Waals surface area contributed by atoms with Gasteiger partial charge in [-0.15, -0.1) is 0 Å². The lowest BCUT2D eigenvalue weighted by Gasteiger charge is -2.35. The van der Waals surface area contributed by atoms with Crippen LogP contribution in [0.4, 0.5) is 4.39 Å². The fourth-order valence-electron chi connectivity index (χ4n) is 5.25. The number of halogens is 1.